The first-order valence-electron chi connectivity index (χ1n) is 36.2. The second-order valence-electron chi connectivity index (χ2n) is 25.9. The van der Waals surface area contributed by atoms with E-state index in [-0.39, 0.29) is 0 Å². The van der Waals surface area contributed by atoms with Crippen LogP contribution in [0.2, 0.25) is 0 Å². The summed E-state index contributed by atoms with van der Waals surface area (Å²) in [6, 6.07) is 133. The molecule has 0 bridgehead atoms. The summed E-state index contributed by atoms with van der Waals surface area (Å²) in [6.45, 7) is 0. The molecule has 0 aliphatic heterocycles. The summed E-state index contributed by atoms with van der Waals surface area (Å²) in [7, 11) is 4.76. The Balaban J connectivity index is 0.000000161. The van der Waals surface area contributed by atoms with Gasteiger partial charge >= 0.3 is 27.0 Å². The van der Waals surface area contributed by atoms with Crippen LogP contribution in [0.4, 0.5) is 0 Å². The topological polar surface area (TPSA) is 116 Å². The van der Waals surface area contributed by atoms with Crippen LogP contribution < -0.4 is 0 Å². The van der Waals surface area contributed by atoms with Crippen molar-refractivity contribution >= 4 is 41.6 Å². The molecule has 18 aromatic rings. The molecule has 13 heteroatoms. The Labute approximate surface area is 682 Å². The number of pyridine rings is 3. The number of hydrogen-bond acceptors (Lipinski definition) is 9. The Morgan fingerprint density at radius 3 is 0.705 bits per heavy atom. The van der Waals surface area contributed by atoms with Crippen molar-refractivity contribution < 1.29 is 17.3 Å². The molecule has 9 nitrogen and oxygen atoms in total. The minimum atomic E-state index is 0.587. The molecular weight excluding hydrogens is 1580 g/mol. The smallest absolute Gasteiger partial charge is 0.164 e. The summed E-state index contributed by atoms with van der Waals surface area (Å²) in [6.07, 6.45) is 5.45. The summed E-state index contributed by atoms with van der Waals surface area (Å²) in [5.74, 6) is 3.66. The van der Waals surface area contributed by atoms with Gasteiger partial charge in [-0.25, -0.2) is 29.9 Å². The van der Waals surface area contributed by atoms with Gasteiger partial charge in [-0.2, -0.15) is 30.3 Å². The van der Waals surface area contributed by atoms with Crippen molar-refractivity contribution in [1.29, 1.82) is 0 Å². The maximum atomic E-state index is 5.25. The number of benzene rings is 13. The first-order valence-corrected chi connectivity index (χ1v) is 41.7. The molecule has 0 spiro atoms. The summed E-state index contributed by atoms with van der Waals surface area (Å²) >= 11 is 8.06. The molecule has 0 N–H and O–H groups in total. The van der Waals surface area contributed by atoms with E-state index in [1.807, 2.05) is 182 Å². The third kappa shape index (κ3) is 18.7. The first-order chi connectivity index (χ1) is 55.3. The minimum absolute atomic E-state index is 0.587. The van der Waals surface area contributed by atoms with Crippen molar-refractivity contribution in [1.82, 2.24) is 44.9 Å². The minimum Gasteiger partial charge on any atom is -0.258 e. The zero-order valence-electron chi connectivity index (χ0n) is 60.5. The third-order valence-electron chi connectivity index (χ3n) is 18.5. The van der Waals surface area contributed by atoms with Gasteiger partial charge in [0, 0.05) is 77.7 Å². The predicted molar refractivity (Wildman–Crippen MR) is 461 cm³/mol. The van der Waals surface area contributed by atoms with Gasteiger partial charge in [0.05, 0.1) is 11.4 Å². The van der Waals surface area contributed by atoms with Gasteiger partial charge < -0.3 is 0 Å². The van der Waals surface area contributed by atoms with Gasteiger partial charge in [-0.1, -0.05) is 293 Å². The Hall–Kier alpha value is -12.8. The maximum Gasteiger partial charge on any atom is 0.164 e. The largest absolute Gasteiger partial charge is 0.258 e. The quantitative estimate of drug-likeness (QED) is 0.0731. The molecule has 0 fully saturated rings. The van der Waals surface area contributed by atoms with Crippen molar-refractivity contribution in [3.05, 3.63) is 416 Å². The van der Waals surface area contributed by atoms with E-state index in [0.717, 1.165) is 160 Å². The number of halogens is 3. The molecule has 0 unspecified atom stereocenters. The average molecular weight is 1640 g/mol. The zero-order chi connectivity index (χ0) is 76.2. The van der Waals surface area contributed by atoms with Gasteiger partial charge in [0.2, 0.25) is 0 Å². The van der Waals surface area contributed by atoms with Crippen LogP contribution in [-0.2, 0) is 17.3 Å². The molecule has 0 saturated heterocycles. The molecule has 5 aromatic heterocycles. The van der Waals surface area contributed by atoms with Crippen LogP contribution >= 0.6 is 41.6 Å². The van der Waals surface area contributed by atoms with Crippen molar-refractivity contribution in [2.45, 2.75) is 0 Å². The second-order valence-corrected chi connectivity index (χ2v) is 27.8. The van der Waals surface area contributed by atoms with Crippen LogP contribution in [0.1, 0.15) is 0 Å². The van der Waals surface area contributed by atoms with Crippen molar-refractivity contribution in [2.24, 2.45) is 0 Å². The number of rotatable bonds is 15. The van der Waals surface area contributed by atoms with E-state index < -0.39 is 0 Å². The van der Waals surface area contributed by atoms with Crippen LogP contribution in [0, 0.1) is 6.07 Å². The standard InChI is InChI=1S/C55H37N5.C33H21Br2N3.C11H8N.ClH.Zn/c1-3-13-38(14-4-1)44-17-11-19-46(33-44)53-58-54(47-20-12-18-45(34-47)39-15-5-2-6-16-39)60-55(59-53)50-36-48(40-23-27-42(28-24-40)51-21-7-9-31-56-51)35-49(37-50)41-25-29-43(30-26-41)52-22-8-10-32-57-52;34-29-19-28(20-30(35)21-29)33-37-31(26-15-7-13-24(17-26)22-9-3-1-4-10-22)36-32(38-33)27-16-8-14-25(18-27)23-11-5-2-6-12-23;1-2-6-10(7-3-1)11-8-4-5-9-12-11;;/h1-37H;1-21H;2-9H;1H;/q;;-1;;+2/p-1. The predicted octanol–water partition coefficient (Wildman–Crippen LogP) is 26.6. The molecular formula is C99H66Br2ClN9Zn. The molecule has 18 rings (SSSR count). The molecule has 0 radical (unpaired) electrons. The van der Waals surface area contributed by atoms with Crippen LogP contribution in [0.5, 0.6) is 0 Å². The van der Waals surface area contributed by atoms with E-state index >= 15 is 0 Å². The summed E-state index contributed by atoms with van der Waals surface area (Å²) < 4.78 is 1.89. The van der Waals surface area contributed by atoms with Crippen molar-refractivity contribution in [3.63, 3.8) is 0 Å². The fourth-order valence-electron chi connectivity index (χ4n) is 13.0. The van der Waals surface area contributed by atoms with Crippen LogP contribution in [0.25, 0.3) is 169 Å². The van der Waals surface area contributed by atoms with Crippen LogP contribution in [0.3, 0.4) is 0 Å². The average Bonchev–Trinajstić information content (AvgIpc) is 0.781. The van der Waals surface area contributed by atoms with Crippen molar-refractivity contribution in [3.8, 4) is 169 Å². The molecule has 530 valence electrons. The monoisotopic (exact) mass is 1640 g/mol. The van der Waals surface area contributed by atoms with E-state index in [2.05, 4.69) is 265 Å². The van der Waals surface area contributed by atoms with Crippen LogP contribution in [-0.4, -0.2) is 44.9 Å². The molecule has 0 saturated carbocycles. The molecule has 0 amide bonds. The SMILES string of the molecule is Brc1cc(Br)cc(-c2nc(-c3cccc(-c4ccccc4)c3)nc(-c3cccc(-c4ccccc4)c3)n2)c1.[Cl][Zn+].[c-]1ccc(-c2ccccn2)cc1.c1ccc(-c2cccc(-c3nc(-c4cccc(-c5ccccc5)c4)nc(-c4cc(-c5ccc(-c6ccccn6)cc5)cc(-c5ccc(-c6ccccn6)cc5)c4)n3)c2)cc1. The van der Waals surface area contributed by atoms with Gasteiger partial charge in [-0.3, -0.25) is 15.0 Å². The number of aromatic nitrogens is 9. The van der Waals surface area contributed by atoms with Gasteiger partial charge in [0.1, 0.15) is 0 Å². The summed E-state index contributed by atoms with van der Waals surface area (Å²) in [4.78, 5) is 43.9. The first kappa shape index (κ1) is 74.7. The van der Waals surface area contributed by atoms with Crippen molar-refractivity contribution in [2.75, 3.05) is 0 Å². The zero-order valence-corrected chi connectivity index (χ0v) is 67.4. The third-order valence-corrected chi connectivity index (χ3v) is 19.4. The second kappa shape index (κ2) is 36.6. The Morgan fingerprint density at radius 2 is 0.411 bits per heavy atom. The van der Waals surface area contributed by atoms with Gasteiger partial charge in [-0.15, -0.1) is 5.56 Å². The molecule has 0 aliphatic carbocycles. The van der Waals surface area contributed by atoms with E-state index in [4.69, 9.17) is 39.6 Å². The maximum absolute atomic E-state index is 5.25. The number of hydrogen-bond donors (Lipinski definition) is 0. The Morgan fingerprint density at radius 1 is 0.188 bits per heavy atom. The van der Waals surface area contributed by atoms with Gasteiger partial charge in [0.15, 0.2) is 34.9 Å². The van der Waals surface area contributed by atoms with E-state index in [0.29, 0.717) is 34.9 Å². The van der Waals surface area contributed by atoms with Crippen LogP contribution in [0.15, 0.2) is 410 Å². The van der Waals surface area contributed by atoms with E-state index in [9.17, 15) is 0 Å². The molecule has 0 atom stereocenters. The van der Waals surface area contributed by atoms with E-state index in [1.54, 1.807) is 6.20 Å². The fraction of sp³-hybridized carbons (Fsp3) is 0. The Bertz CT molecular complexity index is 5790. The fourth-order valence-corrected chi connectivity index (χ4v) is 14.3. The van der Waals surface area contributed by atoms with E-state index in [1.165, 1.54) is 0 Å². The summed E-state index contributed by atoms with van der Waals surface area (Å²) in [5.41, 5.74) is 24.8. The number of nitrogens with zero attached hydrogens (tertiary/aromatic N) is 9. The normalized spacial score (nSPS) is 10.7. The van der Waals surface area contributed by atoms with Gasteiger partial charge in [0.25, 0.3) is 0 Å². The van der Waals surface area contributed by atoms with Gasteiger partial charge in [-0.05, 0) is 164 Å². The molecule has 5 heterocycles. The Kier molecular flexibility index (Phi) is 24.4. The summed E-state index contributed by atoms with van der Waals surface area (Å²) in [5, 5.41) is 0. The molecule has 112 heavy (non-hydrogen) atoms. The molecule has 0 aliphatic rings. The molecule has 13 aromatic carbocycles.